The van der Waals surface area contributed by atoms with E-state index in [1.54, 1.807) is 12.1 Å². The minimum atomic E-state index is -0.933. The minimum absolute atomic E-state index is 0.287. The minimum Gasteiger partial charge on any atom is -0.477 e. The van der Waals surface area contributed by atoms with Gasteiger partial charge in [-0.1, -0.05) is 12.1 Å². The van der Waals surface area contributed by atoms with Gasteiger partial charge in [-0.05, 0) is 38.1 Å². The molecular formula is C15H17N3O2S. The number of aromatic carboxylic acids is 1. The van der Waals surface area contributed by atoms with Crippen LogP contribution >= 0.6 is 11.3 Å². The summed E-state index contributed by atoms with van der Waals surface area (Å²) in [4.78, 5) is 18.6. The van der Waals surface area contributed by atoms with E-state index in [4.69, 9.17) is 5.73 Å². The van der Waals surface area contributed by atoms with Gasteiger partial charge in [-0.15, -0.1) is 11.3 Å². The molecule has 1 fully saturated rings. The molecule has 0 bridgehead atoms. The van der Waals surface area contributed by atoms with Crippen molar-refractivity contribution in [1.29, 1.82) is 0 Å². The molecule has 0 amide bonds. The SMILES string of the molecule is Nc1cccc(-c2nc(CN3CCCC3)sc2C(=O)O)c1. The molecule has 0 aliphatic carbocycles. The highest BCUT2D eigenvalue weighted by molar-refractivity contribution is 7.14. The van der Waals surface area contributed by atoms with Crippen molar-refractivity contribution >= 4 is 23.0 Å². The quantitative estimate of drug-likeness (QED) is 0.849. The molecule has 2 aromatic rings. The highest BCUT2D eigenvalue weighted by Crippen LogP contribution is 2.30. The van der Waals surface area contributed by atoms with Gasteiger partial charge in [0.05, 0.1) is 12.2 Å². The standard InChI is InChI=1S/C15H17N3O2S/c16-11-5-3-4-10(8-11)13-14(15(19)20)21-12(17-13)9-18-6-1-2-7-18/h3-5,8H,1-2,6-7,9,16H2,(H,19,20). The van der Waals surface area contributed by atoms with Crippen molar-refractivity contribution in [2.75, 3.05) is 18.8 Å². The van der Waals surface area contributed by atoms with Crippen LogP contribution in [0, 0.1) is 0 Å². The van der Waals surface area contributed by atoms with Crippen molar-refractivity contribution in [2.45, 2.75) is 19.4 Å². The van der Waals surface area contributed by atoms with Crippen LogP contribution in [-0.4, -0.2) is 34.0 Å². The lowest BCUT2D eigenvalue weighted by Gasteiger charge is -2.11. The number of anilines is 1. The van der Waals surface area contributed by atoms with E-state index >= 15 is 0 Å². The number of aromatic nitrogens is 1. The number of rotatable bonds is 4. The van der Waals surface area contributed by atoms with E-state index in [9.17, 15) is 9.90 Å². The zero-order valence-corrected chi connectivity index (χ0v) is 12.4. The predicted molar refractivity (Wildman–Crippen MR) is 83.4 cm³/mol. The Labute approximate surface area is 127 Å². The van der Waals surface area contributed by atoms with Crippen LogP contribution in [0.25, 0.3) is 11.3 Å². The average Bonchev–Trinajstić information content (AvgIpc) is 3.08. The number of carbonyl (C=O) groups is 1. The molecular weight excluding hydrogens is 286 g/mol. The molecule has 1 aromatic heterocycles. The summed E-state index contributed by atoms with van der Waals surface area (Å²) in [6.07, 6.45) is 2.42. The zero-order valence-electron chi connectivity index (χ0n) is 11.6. The first-order valence-electron chi connectivity index (χ1n) is 6.95. The van der Waals surface area contributed by atoms with E-state index in [1.807, 2.05) is 12.1 Å². The summed E-state index contributed by atoms with van der Waals surface area (Å²) >= 11 is 1.26. The molecule has 0 spiro atoms. The number of thiazole rings is 1. The molecule has 3 rings (SSSR count). The van der Waals surface area contributed by atoms with Gasteiger partial charge in [0.2, 0.25) is 0 Å². The van der Waals surface area contributed by atoms with Crippen LogP contribution < -0.4 is 5.73 Å². The molecule has 0 saturated carbocycles. The lowest BCUT2D eigenvalue weighted by atomic mass is 10.1. The van der Waals surface area contributed by atoms with Crippen molar-refractivity contribution in [3.8, 4) is 11.3 Å². The van der Waals surface area contributed by atoms with E-state index in [0.29, 0.717) is 11.4 Å². The van der Waals surface area contributed by atoms with Crippen molar-refractivity contribution in [1.82, 2.24) is 9.88 Å². The smallest absolute Gasteiger partial charge is 0.348 e. The third kappa shape index (κ3) is 3.06. The summed E-state index contributed by atoms with van der Waals surface area (Å²) in [7, 11) is 0. The second-order valence-electron chi connectivity index (χ2n) is 5.20. The van der Waals surface area contributed by atoms with Gasteiger partial charge < -0.3 is 10.8 Å². The van der Waals surface area contributed by atoms with Gasteiger partial charge in [0.15, 0.2) is 0 Å². The number of benzene rings is 1. The third-order valence-corrected chi connectivity index (χ3v) is 4.61. The van der Waals surface area contributed by atoms with Gasteiger partial charge in [-0.3, -0.25) is 4.90 Å². The van der Waals surface area contributed by atoms with Crippen LogP contribution in [0.2, 0.25) is 0 Å². The number of hydrogen-bond donors (Lipinski definition) is 2. The first kappa shape index (κ1) is 14.0. The van der Waals surface area contributed by atoms with Crippen LogP contribution in [0.4, 0.5) is 5.69 Å². The Kier molecular flexibility index (Phi) is 3.90. The van der Waals surface area contributed by atoms with Crippen LogP contribution in [0.5, 0.6) is 0 Å². The van der Waals surface area contributed by atoms with Gasteiger partial charge in [-0.25, -0.2) is 9.78 Å². The lowest BCUT2D eigenvalue weighted by Crippen LogP contribution is -2.18. The molecule has 1 aliphatic heterocycles. The molecule has 0 unspecified atom stereocenters. The fourth-order valence-electron chi connectivity index (χ4n) is 2.59. The lowest BCUT2D eigenvalue weighted by molar-refractivity contribution is 0.0702. The van der Waals surface area contributed by atoms with E-state index < -0.39 is 5.97 Å². The number of hydrogen-bond acceptors (Lipinski definition) is 5. The summed E-state index contributed by atoms with van der Waals surface area (Å²) in [6.45, 7) is 2.86. The molecule has 21 heavy (non-hydrogen) atoms. The normalized spacial score (nSPS) is 15.4. The molecule has 0 atom stereocenters. The number of carboxylic acid groups (broad SMARTS) is 1. The Morgan fingerprint density at radius 3 is 2.81 bits per heavy atom. The summed E-state index contributed by atoms with van der Waals surface area (Å²) < 4.78 is 0. The number of carboxylic acids is 1. The molecule has 1 aromatic carbocycles. The predicted octanol–water partition coefficient (Wildman–Crippen LogP) is 2.69. The van der Waals surface area contributed by atoms with E-state index in [0.717, 1.165) is 30.2 Å². The second-order valence-corrected chi connectivity index (χ2v) is 6.28. The average molecular weight is 303 g/mol. The van der Waals surface area contributed by atoms with Crippen molar-refractivity contribution < 1.29 is 9.90 Å². The van der Waals surface area contributed by atoms with Gasteiger partial charge in [0.1, 0.15) is 9.88 Å². The van der Waals surface area contributed by atoms with Gasteiger partial charge in [0.25, 0.3) is 0 Å². The number of nitrogens with two attached hydrogens (primary N) is 1. The molecule has 0 radical (unpaired) electrons. The monoisotopic (exact) mass is 303 g/mol. The van der Waals surface area contributed by atoms with Crippen molar-refractivity contribution in [3.05, 3.63) is 34.2 Å². The third-order valence-electron chi connectivity index (χ3n) is 3.58. The molecule has 1 aliphatic rings. The van der Waals surface area contributed by atoms with Crippen LogP contribution in [-0.2, 0) is 6.54 Å². The Morgan fingerprint density at radius 2 is 2.14 bits per heavy atom. The number of likely N-dealkylation sites (tertiary alicyclic amines) is 1. The second kappa shape index (κ2) is 5.83. The molecule has 3 N–H and O–H groups in total. The maximum Gasteiger partial charge on any atom is 0.348 e. The molecule has 2 heterocycles. The highest BCUT2D eigenvalue weighted by atomic mass is 32.1. The number of nitrogens with zero attached hydrogens (tertiary/aromatic N) is 2. The van der Waals surface area contributed by atoms with Gasteiger partial charge >= 0.3 is 5.97 Å². The first-order chi connectivity index (χ1) is 10.1. The summed E-state index contributed by atoms with van der Waals surface area (Å²) in [5.74, 6) is -0.933. The van der Waals surface area contributed by atoms with Crippen molar-refractivity contribution in [2.24, 2.45) is 0 Å². The van der Waals surface area contributed by atoms with Crippen LogP contribution in [0.15, 0.2) is 24.3 Å². The van der Waals surface area contributed by atoms with E-state index in [-0.39, 0.29) is 4.88 Å². The summed E-state index contributed by atoms with van der Waals surface area (Å²) in [5.41, 5.74) is 7.67. The first-order valence-corrected chi connectivity index (χ1v) is 7.76. The number of nitrogen functional groups attached to an aromatic ring is 1. The van der Waals surface area contributed by atoms with E-state index in [2.05, 4.69) is 9.88 Å². The summed E-state index contributed by atoms with van der Waals surface area (Å²) in [6, 6.07) is 7.20. The fraction of sp³-hybridized carbons (Fsp3) is 0.333. The maximum absolute atomic E-state index is 11.5. The largest absolute Gasteiger partial charge is 0.477 e. The zero-order chi connectivity index (χ0) is 14.8. The highest BCUT2D eigenvalue weighted by Gasteiger charge is 2.21. The Balaban J connectivity index is 1.94. The van der Waals surface area contributed by atoms with Crippen LogP contribution in [0.1, 0.15) is 27.5 Å². The van der Waals surface area contributed by atoms with Crippen molar-refractivity contribution in [3.63, 3.8) is 0 Å². The van der Waals surface area contributed by atoms with Gasteiger partial charge in [0, 0.05) is 11.3 Å². The topological polar surface area (TPSA) is 79.5 Å². The summed E-state index contributed by atoms with van der Waals surface area (Å²) in [5, 5.41) is 10.2. The van der Waals surface area contributed by atoms with E-state index in [1.165, 1.54) is 24.2 Å². The Bertz CT molecular complexity index is 663. The van der Waals surface area contributed by atoms with Gasteiger partial charge in [-0.2, -0.15) is 0 Å². The molecule has 5 nitrogen and oxygen atoms in total. The Hall–Kier alpha value is -1.92. The Morgan fingerprint density at radius 1 is 1.38 bits per heavy atom. The molecule has 6 heteroatoms. The fourth-order valence-corrected chi connectivity index (χ4v) is 3.56. The van der Waals surface area contributed by atoms with Crippen LogP contribution in [0.3, 0.4) is 0 Å². The molecule has 110 valence electrons. The maximum atomic E-state index is 11.5. The molecule has 1 saturated heterocycles.